The lowest BCUT2D eigenvalue weighted by atomic mass is 9.92. The molecule has 0 radical (unpaired) electrons. The van der Waals surface area contributed by atoms with Crippen LogP contribution < -0.4 is 20.5 Å². The summed E-state index contributed by atoms with van der Waals surface area (Å²) in [6, 6.07) is 5.11. The Hall–Kier alpha value is -1.82. The number of hydrogen-bond acceptors (Lipinski definition) is 4. The van der Waals surface area contributed by atoms with Crippen LogP contribution in [0.2, 0.25) is 0 Å². The first-order valence-corrected chi connectivity index (χ1v) is 6.07. The Morgan fingerprint density at radius 3 is 2.42 bits per heavy atom. The molecule has 0 aliphatic rings. The summed E-state index contributed by atoms with van der Waals surface area (Å²) >= 11 is 4.89. The van der Waals surface area contributed by atoms with Crippen molar-refractivity contribution in [3.05, 3.63) is 18.2 Å². The second-order valence-electron chi connectivity index (χ2n) is 4.51. The predicted molar refractivity (Wildman–Crippen MR) is 78.7 cm³/mol. The average molecular weight is 282 g/mol. The Labute approximate surface area is 118 Å². The largest absolute Gasteiger partial charge is 0.497 e. The van der Waals surface area contributed by atoms with Gasteiger partial charge in [-0.1, -0.05) is 12.2 Å². The molecule has 0 atom stereocenters. The van der Waals surface area contributed by atoms with Crippen LogP contribution in [0.5, 0.6) is 11.5 Å². The normalized spacial score (nSPS) is 10.7. The molecule has 0 spiro atoms. The number of rotatable bonds is 5. The van der Waals surface area contributed by atoms with Gasteiger partial charge < -0.3 is 20.5 Å². The van der Waals surface area contributed by atoms with Crippen molar-refractivity contribution in [1.29, 1.82) is 0 Å². The van der Waals surface area contributed by atoms with Crippen LogP contribution in [0.4, 0.5) is 5.69 Å². The van der Waals surface area contributed by atoms with E-state index in [9.17, 15) is 4.79 Å². The molecule has 0 saturated carbocycles. The number of amides is 1. The first-order valence-electron chi connectivity index (χ1n) is 5.66. The highest BCUT2D eigenvalue weighted by atomic mass is 32.1. The molecular formula is C13H18N2O3S. The number of nitrogens with two attached hydrogens (primary N) is 1. The van der Waals surface area contributed by atoms with E-state index >= 15 is 0 Å². The number of hydrogen-bond donors (Lipinski definition) is 2. The Morgan fingerprint density at radius 1 is 1.32 bits per heavy atom. The first kappa shape index (κ1) is 15.2. The molecule has 104 valence electrons. The lowest BCUT2D eigenvalue weighted by Gasteiger charge is -2.22. The van der Waals surface area contributed by atoms with E-state index in [0.29, 0.717) is 17.2 Å². The Kier molecular flexibility index (Phi) is 4.72. The van der Waals surface area contributed by atoms with Crippen LogP contribution in [0.1, 0.15) is 13.8 Å². The van der Waals surface area contributed by atoms with E-state index in [1.165, 1.54) is 7.11 Å². The van der Waals surface area contributed by atoms with E-state index in [0.717, 1.165) is 0 Å². The van der Waals surface area contributed by atoms with Crippen LogP contribution in [0.15, 0.2) is 18.2 Å². The van der Waals surface area contributed by atoms with Gasteiger partial charge in [0.05, 0.1) is 30.3 Å². The fourth-order valence-corrected chi connectivity index (χ4v) is 1.38. The van der Waals surface area contributed by atoms with E-state index in [2.05, 4.69) is 5.32 Å². The third-order valence-corrected chi connectivity index (χ3v) is 3.35. The van der Waals surface area contributed by atoms with E-state index < -0.39 is 5.41 Å². The average Bonchev–Trinajstić information content (AvgIpc) is 2.38. The van der Waals surface area contributed by atoms with Gasteiger partial charge in [0.25, 0.3) is 0 Å². The number of methoxy groups -OCH3 is 2. The molecule has 0 fully saturated rings. The minimum atomic E-state index is -0.930. The fraction of sp³-hybridized carbons (Fsp3) is 0.385. The number of thiocarbonyl (C=S) groups is 1. The van der Waals surface area contributed by atoms with Crippen LogP contribution in [-0.2, 0) is 4.79 Å². The SMILES string of the molecule is COc1ccc(NC(=O)C(C)(C)C(N)=S)c(OC)c1. The van der Waals surface area contributed by atoms with Crippen LogP contribution in [0, 0.1) is 5.41 Å². The van der Waals surface area contributed by atoms with Gasteiger partial charge in [-0.05, 0) is 26.0 Å². The second-order valence-corrected chi connectivity index (χ2v) is 4.95. The summed E-state index contributed by atoms with van der Waals surface area (Å²) in [6.45, 7) is 3.33. The predicted octanol–water partition coefficient (Wildman–Crippen LogP) is 1.95. The monoisotopic (exact) mass is 282 g/mol. The Morgan fingerprint density at radius 2 is 1.95 bits per heavy atom. The van der Waals surface area contributed by atoms with Crippen molar-refractivity contribution < 1.29 is 14.3 Å². The highest BCUT2D eigenvalue weighted by Crippen LogP contribution is 2.30. The molecule has 1 amide bonds. The molecule has 19 heavy (non-hydrogen) atoms. The molecule has 0 saturated heterocycles. The molecule has 0 aliphatic heterocycles. The molecule has 0 heterocycles. The Bertz CT molecular complexity index is 501. The van der Waals surface area contributed by atoms with Crippen molar-refractivity contribution in [2.45, 2.75) is 13.8 Å². The smallest absolute Gasteiger partial charge is 0.236 e. The van der Waals surface area contributed by atoms with Gasteiger partial charge in [0, 0.05) is 6.07 Å². The molecule has 5 nitrogen and oxygen atoms in total. The van der Waals surface area contributed by atoms with Gasteiger partial charge in [0.15, 0.2) is 0 Å². The van der Waals surface area contributed by atoms with Crippen molar-refractivity contribution in [1.82, 2.24) is 0 Å². The number of ether oxygens (including phenoxy) is 2. The van der Waals surface area contributed by atoms with E-state index in [-0.39, 0.29) is 10.9 Å². The maximum absolute atomic E-state index is 12.1. The topological polar surface area (TPSA) is 73.6 Å². The number of anilines is 1. The minimum Gasteiger partial charge on any atom is -0.497 e. The molecule has 1 aromatic rings. The third kappa shape index (κ3) is 3.35. The zero-order chi connectivity index (χ0) is 14.6. The first-order chi connectivity index (χ1) is 8.82. The van der Waals surface area contributed by atoms with E-state index in [1.54, 1.807) is 39.2 Å². The van der Waals surface area contributed by atoms with Crippen molar-refractivity contribution in [3.8, 4) is 11.5 Å². The summed E-state index contributed by atoms with van der Waals surface area (Å²) in [6.07, 6.45) is 0. The molecule has 3 N–H and O–H groups in total. The van der Waals surface area contributed by atoms with E-state index in [4.69, 9.17) is 27.4 Å². The molecule has 0 aromatic heterocycles. The van der Waals surface area contributed by atoms with Crippen molar-refractivity contribution in [3.63, 3.8) is 0 Å². The zero-order valence-electron chi connectivity index (χ0n) is 11.4. The van der Waals surface area contributed by atoms with Crippen molar-refractivity contribution in [2.75, 3.05) is 19.5 Å². The maximum Gasteiger partial charge on any atom is 0.236 e. The van der Waals surface area contributed by atoms with Gasteiger partial charge in [-0.15, -0.1) is 0 Å². The number of carbonyl (C=O) groups excluding carboxylic acids is 1. The highest BCUT2D eigenvalue weighted by Gasteiger charge is 2.31. The molecular weight excluding hydrogens is 264 g/mol. The summed E-state index contributed by atoms with van der Waals surface area (Å²) in [5.74, 6) is 0.860. The van der Waals surface area contributed by atoms with Gasteiger partial charge in [-0.3, -0.25) is 4.79 Å². The quantitative estimate of drug-likeness (QED) is 0.808. The summed E-state index contributed by atoms with van der Waals surface area (Å²) < 4.78 is 10.3. The van der Waals surface area contributed by atoms with Crippen molar-refractivity contribution in [2.24, 2.45) is 11.1 Å². The zero-order valence-corrected chi connectivity index (χ0v) is 12.3. The second kappa shape index (κ2) is 5.88. The lowest BCUT2D eigenvalue weighted by Crippen LogP contribution is -2.41. The number of nitrogens with one attached hydrogen (secondary N) is 1. The summed E-state index contributed by atoms with van der Waals surface area (Å²) in [4.78, 5) is 12.3. The number of carbonyl (C=O) groups is 1. The van der Waals surface area contributed by atoms with Crippen LogP contribution in [0.3, 0.4) is 0 Å². The Balaban J connectivity index is 3.00. The van der Waals surface area contributed by atoms with Crippen LogP contribution in [0.25, 0.3) is 0 Å². The van der Waals surface area contributed by atoms with Gasteiger partial charge in [-0.2, -0.15) is 0 Å². The van der Waals surface area contributed by atoms with E-state index in [1.807, 2.05) is 0 Å². The lowest BCUT2D eigenvalue weighted by molar-refractivity contribution is -0.121. The molecule has 6 heteroatoms. The molecule has 0 aliphatic carbocycles. The van der Waals surface area contributed by atoms with Crippen LogP contribution >= 0.6 is 12.2 Å². The minimum absolute atomic E-state index is 0.137. The maximum atomic E-state index is 12.1. The standard InChI is InChI=1S/C13H18N2O3S/c1-13(2,11(14)19)12(16)15-9-6-5-8(17-3)7-10(9)18-4/h5-7H,1-4H3,(H2,14,19)(H,15,16). The van der Waals surface area contributed by atoms with Gasteiger partial charge in [0.1, 0.15) is 11.5 Å². The van der Waals surface area contributed by atoms with Crippen molar-refractivity contribution >= 4 is 28.8 Å². The molecule has 0 bridgehead atoms. The third-order valence-electron chi connectivity index (χ3n) is 2.84. The fourth-order valence-electron chi connectivity index (χ4n) is 1.29. The summed E-state index contributed by atoms with van der Waals surface area (Å²) in [5, 5.41) is 2.75. The molecule has 1 aromatic carbocycles. The summed E-state index contributed by atoms with van der Waals surface area (Å²) in [7, 11) is 3.08. The number of benzene rings is 1. The van der Waals surface area contributed by atoms with Gasteiger partial charge >= 0.3 is 0 Å². The van der Waals surface area contributed by atoms with Crippen LogP contribution in [-0.4, -0.2) is 25.1 Å². The van der Waals surface area contributed by atoms with Gasteiger partial charge in [0.2, 0.25) is 5.91 Å². The summed E-state index contributed by atoms with van der Waals surface area (Å²) in [5.41, 5.74) is 5.17. The molecule has 0 unspecified atom stereocenters. The molecule has 1 rings (SSSR count). The van der Waals surface area contributed by atoms with Gasteiger partial charge in [-0.25, -0.2) is 0 Å². The highest BCUT2D eigenvalue weighted by molar-refractivity contribution is 7.80.